The minimum Gasteiger partial charge on any atom is -0.469 e. The van der Waals surface area contributed by atoms with Gasteiger partial charge >= 0.3 is 0 Å². The third kappa shape index (κ3) is 3.61. The van der Waals surface area contributed by atoms with Gasteiger partial charge in [0.15, 0.2) is 0 Å². The normalized spacial score (nSPS) is 27.9. The number of furan rings is 1. The van der Waals surface area contributed by atoms with E-state index in [1.165, 1.54) is 18.4 Å². The van der Waals surface area contributed by atoms with E-state index >= 15 is 0 Å². The SMILES string of the molecule is Cc1occc1CN(C)CC1(CO)CCCC(C)C1. The third-order valence-corrected chi connectivity index (χ3v) is 4.53. The standard InChI is InChI=1S/C16H27NO2/c1-13-5-4-7-16(9-13,12-18)11-17(3)10-15-6-8-19-14(15)2/h6,8,13,18H,4-5,7,9-12H2,1-3H3. The summed E-state index contributed by atoms with van der Waals surface area (Å²) in [5.41, 5.74) is 1.35. The van der Waals surface area contributed by atoms with Gasteiger partial charge in [0.2, 0.25) is 0 Å². The van der Waals surface area contributed by atoms with Gasteiger partial charge in [0.05, 0.1) is 6.26 Å². The van der Waals surface area contributed by atoms with E-state index in [0.29, 0.717) is 6.61 Å². The van der Waals surface area contributed by atoms with Crippen molar-refractivity contribution in [1.29, 1.82) is 0 Å². The Hall–Kier alpha value is -0.800. The highest BCUT2D eigenvalue weighted by atomic mass is 16.3. The van der Waals surface area contributed by atoms with Crippen molar-refractivity contribution in [3.8, 4) is 0 Å². The summed E-state index contributed by atoms with van der Waals surface area (Å²) < 4.78 is 5.35. The Bertz CT molecular complexity index is 401. The fraction of sp³-hybridized carbons (Fsp3) is 0.750. The molecule has 2 rings (SSSR count). The number of hydrogen-bond acceptors (Lipinski definition) is 3. The van der Waals surface area contributed by atoms with E-state index < -0.39 is 0 Å². The van der Waals surface area contributed by atoms with Crippen LogP contribution in [0, 0.1) is 18.3 Å². The molecule has 1 aromatic heterocycles. The van der Waals surface area contributed by atoms with Gasteiger partial charge in [0.25, 0.3) is 0 Å². The Kier molecular flexibility index (Phi) is 4.69. The summed E-state index contributed by atoms with van der Waals surface area (Å²) in [5, 5.41) is 9.84. The van der Waals surface area contributed by atoms with Crippen LogP contribution >= 0.6 is 0 Å². The number of aliphatic hydroxyl groups excluding tert-OH is 1. The van der Waals surface area contributed by atoms with Crippen LogP contribution in [0.25, 0.3) is 0 Å². The molecule has 1 saturated carbocycles. The Labute approximate surface area is 116 Å². The van der Waals surface area contributed by atoms with Crippen molar-refractivity contribution in [3.63, 3.8) is 0 Å². The Morgan fingerprint density at radius 3 is 2.89 bits per heavy atom. The number of hydrogen-bond donors (Lipinski definition) is 1. The molecule has 1 heterocycles. The largest absolute Gasteiger partial charge is 0.469 e. The lowest BCUT2D eigenvalue weighted by atomic mass is 9.70. The first-order valence-electron chi connectivity index (χ1n) is 7.37. The summed E-state index contributed by atoms with van der Waals surface area (Å²) in [7, 11) is 2.14. The fourth-order valence-electron chi connectivity index (χ4n) is 3.60. The molecule has 0 radical (unpaired) electrons. The van der Waals surface area contributed by atoms with E-state index in [9.17, 15) is 5.11 Å². The highest BCUT2D eigenvalue weighted by Gasteiger charge is 2.35. The van der Waals surface area contributed by atoms with Crippen molar-refractivity contribution in [2.24, 2.45) is 11.3 Å². The van der Waals surface area contributed by atoms with Gasteiger partial charge in [0.1, 0.15) is 5.76 Å². The molecule has 108 valence electrons. The maximum atomic E-state index is 9.84. The Morgan fingerprint density at radius 1 is 1.53 bits per heavy atom. The summed E-state index contributed by atoms with van der Waals surface area (Å²) in [6, 6.07) is 2.04. The van der Waals surface area contributed by atoms with E-state index in [-0.39, 0.29) is 5.41 Å². The molecule has 19 heavy (non-hydrogen) atoms. The first-order chi connectivity index (χ1) is 9.04. The maximum Gasteiger partial charge on any atom is 0.105 e. The lowest BCUT2D eigenvalue weighted by Crippen LogP contribution is -2.41. The highest BCUT2D eigenvalue weighted by Crippen LogP contribution is 2.39. The van der Waals surface area contributed by atoms with E-state index in [2.05, 4.69) is 18.9 Å². The third-order valence-electron chi connectivity index (χ3n) is 4.53. The monoisotopic (exact) mass is 265 g/mol. The summed E-state index contributed by atoms with van der Waals surface area (Å²) in [6.07, 6.45) is 6.62. The lowest BCUT2D eigenvalue weighted by molar-refractivity contribution is 0.0289. The van der Waals surface area contributed by atoms with Crippen LogP contribution in [0.1, 0.15) is 43.9 Å². The van der Waals surface area contributed by atoms with E-state index in [4.69, 9.17) is 4.42 Å². The molecule has 1 N–H and O–H groups in total. The van der Waals surface area contributed by atoms with E-state index in [1.54, 1.807) is 6.26 Å². The quantitative estimate of drug-likeness (QED) is 0.888. The molecule has 0 bridgehead atoms. The van der Waals surface area contributed by atoms with Crippen molar-refractivity contribution in [2.45, 2.75) is 46.1 Å². The summed E-state index contributed by atoms with van der Waals surface area (Å²) in [6.45, 7) is 6.50. The van der Waals surface area contributed by atoms with Gasteiger partial charge in [0, 0.05) is 30.7 Å². The van der Waals surface area contributed by atoms with E-state index in [1.807, 2.05) is 13.0 Å². The zero-order chi connectivity index (χ0) is 13.9. The van der Waals surface area contributed by atoms with Crippen molar-refractivity contribution in [3.05, 3.63) is 23.7 Å². The van der Waals surface area contributed by atoms with Crippen molar-refractivity contribution < 1.29 is 9.52 Å². The lowest BCUT2D eigenvalue weighted by Gasteiger charge is -2.41. The van der Waals surface area contributed by atoms with E-state index in [0.717, 1.165) is 37.6 Å². The first kappa shape index (κ1) is 14.6. The predicted octanol–water partition coefficient (Wildman–Crippen LogP) is 3.21. The topological polar surface area (TPSA) is 36.6 Å². The average molecular weight is 265 g/mol. The molecule has 3 heteroatoms. The predicted molar refractivity (Wildman–Crippen MR) is 76.9 cm³/mol. The van der Waals surface area contributed by atoms with Crippen LogP contribution in [0.2, 0.25) is 0 Å². The van der Waals surface area contributed by atoms with Crippen LogP contribution in [-0.2, 0) is 6.54 Å². The van der Waals surface area contributed by atoms with Gasteiger partial charge in [-0.05, 0) is 38.8 Å². The molecule has 0 aromatic carbocycles. The van der Waals surface area contributed by atoms with Crippen molar-refractivity contribution in [1.82, 2.24) is 4.90 Å². The van der Waals surface area contributed by atoms with Crippen LogP contribution < -0.4 is 0 Å². The van der Waals surface area contributed by atoms with Crippen LogP contribution in [0.4, 0.5) is 0 Å². The van der Waals surface area contributed by atoms with Crippen LogP contribution in [-0.4, -0.2) is 30.2 Å². The van der Waals surface area contributed by atoms with Crippen molar-refractivity contribution >= 4 is 0 Å². The summed E-state index contributed by atoms with van der Waals surface area (Å²) in [4.78, 5) is 2.33. The second-order valence-electron chi connectivity index (χ2n) is 6.53. The first-order valence-corrected chi connectivity index (χ1v) is 7.37. The smallest absolute Gasteiger partial charge is 0.105 e. The molecular formula is C16H27NO2. The second-order valence-corrected chi connectivity index (χ2v) is 6.53. The molecular weight excluding hydrogens is 238 g/mol. The highest BCUT2D eigenvalue weighted by molar-refractivity contribution is 5.15. The minimum absolute atomic E-state index is 0.101. The van der Waals surface area contributed by atoms with Crippen LogP contribution in [0.15, 0.2) is 16.7 Å². The zero-order valence-corrected chi connectivity index (χ0v) is 12.5. The summed E-state index contributed by atoms with van der Waals surface area (Å²) in [5.74, 6) is 1.74. The van der Waals surface area contributed by atoms with Gasteiger partial charge in [-0.2, -0.15) is 0 Å². The fourth-order valence-corrected chi connectivity index (χ4v) is 3.60. The maximum absolute atomic E-state index is 9.84. The molecule has 0 amide bonds. The molecule has 1 fully saturated rings. The molecule has 0 saturated heterocycles. The molecule has 1 aromatic rings. The van der Waals surface area contributed by atoms with Crippen LogP contribution in [0.3, 0.4) is 0 Å². The van der Waals surface area contributed by atoms with Crippen LogP contribution in [0.5, 0.6) is 0 Å². The Balaban J connectivity index is 1.96. The molecule has 1 aliphatic rings. The average Bonchev–Trinajstić information content (AvgIpc) is 2.75. The number of rotatable bonds is 5. The number of aryl methyl sites for hydroxylation is 1. The molecule has 0 spiro atoms. The van der Waals surface area contributed by atoms with Gasteiger partial charge in [-0.3, -0.25) is 0 Å². The number of nitrogens with zero attached hydrogens (tertiary/aromatic N) is 1. The Morgan fingerprint density at radius 2 is 2.32 bits per heavy atom. The molecule has 3 nitrogen and oxygen atoms in total. The number of aliphatic hydroxyl groups is 1. The minimum atomic E-state index is 0.101. The van der Waals surface area contributed by atoms with Crippen molar-refractivity contribution in [2.75, 3.05) is 20.2 Å². The van der Waals surface area contributed by atoms with Gasteiger partial charge in [-0.15, -0.1) is 0 Å². The van der Waals surface area contributed by atoms with Gasteiger partial charge in [-0.1, -0.05) is 19.8 Å². The molecule has 2 atom stereocenters. The van der Waals surface area contributed by atoms with Gasteiger partial charge < -0.3 is 14.4 Å². The second kappa shape index (κ2) is 6.10. The molecule has 1 aliphatic carbocycles. The zero-order valence-electron chi connectivity index (χ0n) is 12.5. The summed E-state index contributed by atoms with van der Waals surface area (Å²) >= 11 is 0. The van der Waals surface area contributed by atoms with Gasteiger partial charge in [-0.25, -0.2) is 0 Å². The molecule has 2 unspecified atom stereocenters. The molecule has 0 aliphatic heterocycles.